The molecular formula is C17H16F3N3O2S. The summed E-state index contributed by atoms with van der Waals surface area (Å²) >= 11 is 0.832. The second kappa shape index (κ2) is 8.70. The van der Waals surface area contributed by atoms with Gasteiger partial charge in [-0.05, 0) is 30.3 Å². The fraction of sp³-hybridized carbons (Fsp3) is 0.235. The zero-order chi connectivity index (χ0) is 19.2. The summed E-state index contributed by atoms with van der Waals surface area (Å²) in [5.74, 6) is 0.131. The Morgan fingerprint density at radius 3 is 2.58 bits per heavy atom. The van der Waals surface area contributed by atoms with Gasteiger partial charge in [0, 0.05) is 12.1 Å². The second-order valence-electron chi connectivity index (χ2n) is 5.03. The van der Waals surface area contributed by atoms with Crippen LogP contribution in [0.5, 0.6) is 5.75 Å². The molecule has 0 radical (unpaired) electrons. The average Bonchev–Trinajstić information content (AvgIpc) is 2.63. The first-order chi connectivity index (χ1) is 12.3. The van der Waals surface area contributed by atoms with E-state index in [1.807, 2.05) is 0 Å². The summed E-state index contributed by atoms with van der Waals surface area (Å²) in [5.41, 5.74) is -0.465. The van der Waals surface area contributed by atoms with Crippen molar-refractivity contribution < 1.29 is 22.7 Å². The monoisotopic (exact) mass is 383 g/mol. The van der Waals surface area contributed by atoms with Gasteiger partial charge in [0.25, 0.3) is 0 Å². The van der Waals surface area contributed by atoms with E-state index in [0.29, 0.717) is 11.3 Å². The fourth-order valence-electron chi connectivity index (χ4n) is 1.91. The number of carbonyl (C=O) groups excluding carboxylic acids is 1. The lowest BCUT2D eigenvalue weighted by Gasteiger charge is -2.11. The predicted molar refractivity (Wildman–Crippen MR) is 93.0 cm³/mol. The van der Waals surface area contributed by atoms with Gasteiger partial charge in [0.2, 0.25) is 5.91 Å². The number of ether oxygens (including phenoxy) is 1. The third-order valence-electron chi connectivity index (χ3n) is 3.16. The molecule has 1 heterocycles. The number of hydrogen-bond acceptors (Lipinski definition) is 5. The van der Waals surface area contributed by atoms with Crippen molar-refractivity contribution in [3.05, 3.63) is 48.7 Å². The molecule has 0 aliphatic carbocycles. The van der Waals surface area contributed by atoms with Gasteiger partial charge in [-0.25, -0.2) is 9.97 Å². The zero-order valence-corrected chi connectivity index (χ0v) is 14.7. The van der Waals surface area contributed by atoms with Gasteiger partial charge in [-0.2, -0.15) is 13.2 Å². The summed E-state index contributed by atoms with van der Waals surface area (Å²) in [5, 5.41) is 2.41. The van der Waals surface area contributed by atoms with Crippen LogP contribution >= 0.6 is 11.8 Å². The number of halogens is 3. The SMILES string of the molecule is C=CCNC(=O)CSc1nc(-c2ccc(OC)cc2)cc(C(F)(F)F)n1. The lowest BCUT2D eigenvalue weighted by atomic mass is 10.1. The van der Waals surface area contributed by atoms with E-state index in [0.717, 1.165) is 17.8 Å². The zero-order valence-electron chi connectivity index (χ0n) is 13.8. The summed E-state index contributed by atoms with van der Waals surface area (Å²) in [7, 11) is 1.49. The van der Waals surface area contributed by atoms with E-state index in [9.17, 15) is 18.0 Å². The van der Waals surface area contributed by atoms with Crippen LogP contribution < -0.4 is 10.1 Å². The van der Waals surface area contributed by atoms with E-state index >= 15 is 0 Å². The molecule has 1 N–H and O–H groups in total. The smallest absolute Gasteiger partial charge is 0.433 e. The van der Waals surface area contributed by atoms with Crippen LogP contribution in [0, 0.1) is 0 Å². The summed E-state index contributed by atoms with van der Waals surface area (Å²) in [4.78, 5) is 19.3. The molecule has 9 heteroatoms. The third-order valence-corrected chi connectivity index (χ3v) is 4.01. The summed E-state index contributed by atoms with van der Waals surface area (Å²) in [6.07, 6.45) is -3.12. The number of nitrogens with zero attached hydrogens (tertiary/aromatic N) is 2. The van der Waals surface area contributed by atoms with Gasteiger partial charge in [-0.15, -0.1) is 6.58 Å². The molecule has 0 saturated carbocycles. The van der Waals surface area contributed by atoms with Crippen molar-refractivity contribution in [3.8, 4) is 17.0 Å². The molecule has 0 atom stereocenters. The van der Waals surface area contributed by atoms with Gasteiger partial charge in [-0.3, -0.25) is 4.79 Å². The minimum absolute atomic E-state index is 0.1000. The molecule has 1 aromatic heterocycles. The molecule has 0 spiro atoms. The van der Waals surface area contributed by atoms with Crippen LogP contribution in [0.2, 0.25) is 0 Å². The number of amides is 1. The first-order valence-electron chi connectivity index (χ1n) is 7.44. The van der Waals surface area contributed by atoms with Crippen molar-refractivity contribution >= 4 is 17.7 Å². The minimum Gasteiger partial charge on any atom is -0.497 e. The molecule has 26 heavy (non-hydrogen) atoms. The van der Waals surface area contributed by atoms with Gasteiger partial charge in [-0.1, -0.05) is 17.8 Å². The standard InChI is InChI=1S/C17H16F3N3O2S/c1-3-8-21-15(24)10-26-16-22-13(9-14(23-16)17(18,19)20)11-4-6-12(25-2)7-5-11/h3-7,9H,1,8,10H2,2H3,(H,21,24). The summed E-state index contributed by atoms with van der Waals surface area (Å²) in [6.45, 7) is 3.74. The lowest BCUT2D eigenvalue weighted by Crippen LogP contribution is -2.25. The van der Waals surface area contributed by atoms with Crippen LogP contribution in [-0.4, -0.2) is 35.3 Å². The molecule has 2 rings (SSSR count). The molecule has 2 aromatic rings. The Labute approximate surface area is 152 Å². The minimum atomic E-state index is -4.62. The van der Waals surface area contributed by atoms with Crippen molar-refractivity contribution in [3.63, 3.8) is 0 Å². The molecule has 0 fully saturated rings. The molecule has 138 valence electrons. The number of rotatable bonds is 7. The Balaban J connectivity index is 2.29. The van der Waals surface area contributed by atoms with E-state index in [4.69, 9.17) is 4.74 Å². The first kappa shape index (κ1) is 19.8. The van der Waals surface area contributed by atoms with Gasteiger partial charge >= 0.3 is 6.18 Å². The van der Waals surface area contributed by atoms with Crippen LogP contribution in [0.15, 0.2) is 48.1 Å². The number of hydrogen-bond donors (Lipinski definition) is 1. The number of thioether (sulfide) groups is 1. The molecule has 5 nitrogen and oxygen atoms in total. The fourth-order valence-corrected chi connectivity index (χ4v) is 2.60. The largest absolute Gasteiger partial charge is 0.497 e. The quantitative estimate of drug-likeness (QED) is 0.450. The van der Waals surface area contributed by atoms with Gasteiger partial charge in [0.1, 0.15) is 11.4 Å². The highest BCUT2D eigenvalue weighted by molar-refractivity contribution is 7.99. The van der Waals surface area contributed by atoms with E-state index in [2.05, 4.69) is 21.9 Å². The van der Waals surface area contributed by atoms with Crippen molar-refractivity contribution in [2.75, 3.05) is 19.4 Å². The average molecular weight is 383 g/mol. The molecule has 0 aliphatic heterocycles. The number of methoxy groups -OCH3 is 1. The van der Waals surface area contributed by atoms with E-state index < -0.39 is 11.9 Å². The van der Waals surface area contributed by atoms with Crippen LogP contribution in [0.3, 0.4) is 0 Å². The van der Waals surface area contributed by atoms with Crippen LogP contribution in [-0.2, 0) is 11.0 Å². The van der Waals surface area contributed by atoms with E-state index in [1.54, 1.807) is 24.3 Å². The first-order valence-corrected chi connectivity index (χ1v) is 8.43. The molecule has 1 amide bonds. The topological polar surface area (TPSA) is 64.1 Å². The van der Waals surface area contributed by atoms with Gasteiger partial charge < -0.3 is 10.1 Å². The summed E-state index contributed by atoms with van der Waals surface area (Å²) in [6, 6.07) is 7.34. The number of nitrogens with one attached hydrogen (secondary N) is 1. The van der Waals surface area contributed by atoms with Gasteiger partial charge in [0.15, 0.2) is 5.16 Å². The Morgan fingerprint density at radius 2 is 2.00 bits per heavy atom. The third kappa shape index (κ3) is 5.48. The highest BCUT2D eigenvalue weighted by Gasteiger charge is 2.34. The highest BCUT2D eigenvalue weighted by atomic mass is 32.2. The van der Waals surface area contributed by atoms with Crippen LogP contribution in [0.4, 0.5) is 13.2 Å². The normalized spacial score (nSPS) is 11.1. The van der Waals surface area contributed by atoms with Crippen LogP contribution in [0.25, 0.3) is 11.3 Å². The Morgan fingerprint density at radius 1 is 1.31 bits per heavy atom. The molecule has 0 unspecified atom stereocenters. The molecule has 0 saturated heterocycles. The van der Waals surface area contributed by atoms with Crippen molar-refractivity contribution in [1.82, 2.24) is 15.3 Å². The molecule has 0 aliphatic rings. The number of aromatic nitrogens is 2. The Bertz CT molecular complexity index is 780. The number of carbonyl (C=O) groups is 1. The van der Waals surface area contributed by atoms with Crippen LogP contribution in [0.1, 0.15) is 5.69 Å². The number of alkyl halides is 3. The molecular weight excluding hydrogens is 367 g/mol. The van der Waals surface area contributed by atoms with E-state index in [-0.39, 0.29) is 29.1 Å². The van der Waals surface area contributed by atoms with Crippen molar-refractivity contribution in [2.45, 2.75) is 11.3 Å². The highest BCUT2D eigenvalue weighted by Crippen LogP contribution is 2.32. The van der Waals surface area contributed by atoms with Crippen molar-refractivity contribution in [1.29, 1.82) is 0 Å². The van der Waals surface area contributed by atoms with E-state index in [1.165, 1.54) is 13.2 Å². The maximum absolute atomic E-state index is 13.1. The molecule has 1 aromatic carbocycles. The maximum Gasteiger partial charge on any atom is 0.433 e. The summed E-state index contributed by atoms with van der Waals surface area (Å²) < 4.78 is 44.4. The molecule has 0 bridgehead atoms. The Kier molecular flexibility index (Phi) is 6.62. The van der Waals surface area contributed by atoms with Crippen molar-refractivity contribution in [2.24, 2.45) is 0 Å². The Hall–Kier alpha value is -2.55. The lowest BCUT2D eigenvalue weighted by molar-refractivity contribution is -0.141. The second-order valence-corrected chi connectivity index (χ2v) is 5.97. The maximum atomic E-state index is 13.1. The van der Waals surface area contributed by atoms with Gasteiger partial charge in [0.05, 0.1) is 18.6 Å². The number of benzene rings is 1. The predicted octanol–water partition coefficient (Wildman–Crippen LogP) is 3.57.